The Hall–Kier alpha value is -3.98. The molecule has 0 aliphatic carbocycles. The first-order valence-electron chi connectivity index (χ1n) is 11.9. The van der Waals surface area contributed by atoms with Gasteiger partial charge in [-0.25, -0.2) is 9.48 Å². The minimum absolute atomic E-state index is 0.0747. The maximum Gasteiger partial charge on any atom is 0.357 e. The molecule has 0 spiro atoms. The molecule has 188 valence electrons. The van der Waals surface area contributed by atoms with Gasteiger partial charge in [-0.1, -0.05) is 36.4 Å². The van der Waals surface area contributed by atoms with Gasteiger partial charge in [-0.3, -0.25) is 14.5 Å². The van der Waals surface area contributed by atoms with E-state index in [1.54, 1.807) is 39.0 Å². The van der Waals surface area contributed by atoms with E-state index in [9.17, 15) is 14.4 Å². The third kappa shape index (κ3) is 5.80. The summed E-state index contributed by atoms with van der Waals surface area (Å²) in [6, 6.07) is 17.6. The summed E-state index contributed by atoms with van der Waals surface area (Å²) in [6.07, 6.45) is 1.63. The second-order valence-corrected chi connectivity index (χ2v) is 9.81. The number of nitrogens with zero attached hydrogens (tertiary/aromatic N) is 3. The van der Waals surface area contributed by atoms with Crippen molar-refractivity contribution in [3.63, 3.8) is 0 Å². The van der Waals surface area contributed by atoms with Crippen molar-refractivity contribution >= 4 is 23.5 Å². The number of aromatic nitrogens is 2. The average Bonchev–Trinajstić information content (AvgIpc) is 3.47. The fourth-order valence-corrected chi connectivity index (χ4v) is 4.26. The van der Waals surface area contributed by atoms with Gasteiger partial charge in [0.1, 0.15) is 5.60 Å². The second kappa shape index (κ2) is 10.3. The molecule has 1 fully saturated rings. The fourth-order valence-electron chi connectivity index (χ4n) is 4.26. The lowest BCUT2D eigenvalue weighted by atomic mass is 10.1. The van der Waals surface area contributed by atoms with Gasteiger partial charge in [0.25, 0.3) is 5.91 Å². The molecule has 9 heteroatoms. The van der Waals surface area contributed by atoms with Crippen molar-refractivity contribution in [2.24, 2.45) is 5.73 Å². The van der Waals surface area contributed by atoms with Crippen LogP contribution in [0.1, 0.15) is 60.2 Å². The highest BCUT2D eigenvalue weighted by molar-refractivity contribution is 6.04. The van der Waals surface area contributed by atoms with E-state index in [2.05, 4.69) is 10.4 Å². The van der Waals surface area contributed by atoms with Gasteiger partial charge < -0.3 is 15.8 Å². The van der Waals surface area contributed by atoms with Gasteiger partial charge >= 0.3 is 5.97 Å². The molecule has 4 rings (SSSR count). The molecule has 1 atom stereocenters. The summed E-state index contributed by atoms with van der Waals surface area (Å²) in [5, 5.41) is 7.34. The van der Waals surface area contributed by atoms with E-state index in [0.717, 1.165) is 24.9 Å². The number of benzene rings is 2. The molecule has 1 aromatic heterocycles. The molecule has 1 aliphatic heterocycles. The molecule has 2 amide bonds. The number of nitrogens with two attached hydrogens (primary N) is 1. The van der Waals surface area contributed by atoms with Crippen LogP contribution in [-0.4, -0.2) is 50.7 Å². The number of hydrogen-bond acceptors (Lipinski definition) is 6. The fraction of sp³-hybridized carbons (Fsp3) is 0.333. The van der Waals surface area contributed by atoms with Crippen LogP contribution in [0.5, 0.6) is 0 Å². The van der Waals surface area contributed by atoms with Crippen molar-refractivity contribution in [2.75, 3.05) is 11.9 Å². The van der Waals surface area contributed by atoms with E-state index in [4.69, 9.17) is 10.5 Å². The van der Waals surface area contributed by atoms with Gasteiger partial charge in [-0.05, 0) is 63.9 Å². The van der Waals surface area contributed by atoms with Crippen molar-refractivity contribution in [1.29, 1.82) is 0 Å². The first kappa shape index (κ1) is 25.1. The van der Waals surface area contributed by atoms with Crippen LogP contribution in [0.3, 0.4) is 0 Å². The predicted octanol–water partition coefficient (Wildman–Crippen LogP) is 3.53. The predicted molar refractivity (Wildman–Crippen MR) is 136 cm³/mol. The van der Waals surface area contributed by atoms with Crippen molar-refractivity contribution in [3.05, 3.63) is 77.6 Å². The first-order valence-corrected chi connectivity index (χ1v) is 11.9. The number of para-hydroxylation sites is 2. The SMILES string of the molecule is CC(C)(C)OC(=O)c1cc(C(=O)Nc2ccccc2CN2CCCC2C(N)=O)nn1-c1ccccc1. The molecule has 3 aromatic rings. The van der Waals surface area contributed by atoms with E-state index in [0.29, 0.717) is 17.9 Å². The molecule has 9 nitrogen and oxygen atoms in total. The van der Waals surface area contributed by atoms with E-state index >= 15 is 0 Å². The molecule has 2 aromatic carbocycles. The summed E-state index contributed by atoms with van der Waals surface area (Å²) >= 11 is 0. The molecule has 1 saturated heterocycles. The van der Waals surface area contributed by atoms with Gasteiger partial charge in [0, 0.05) is 18.3 Å². The van der Waals surface area contributed by atoms with Gasteiger partial charge in [-0.15, -0.1) is 0 Å². The summed E-state index contributed by atoms with van der Waals surface area (Å²) in [7, 11) is 0. The zero-order chi connectivity index (χ0) is 25.9. The number of likely N-dealkylation sites (tertiary alicyclic amines) is 1. The van der Waals surface area contributed by atoms with Crippen LogP contribution >= 0.6 is 0 Å². The molecule has 3 N–H and O–H groups in total. The number of esters is 1. The number of carbonyl (C=O) groups excluding carboxylic acids is 3. The highest BCUT2D eigenvalue weighted by Gasteiger charge is 2.30. The Labute approximate surface area is 210 Å². The summed E-state index contributed by atoms with van der Waals surface area (Å²) in [5.41, 5.74) is 7.17. The molecular formula is C27H31N5O4. The smallest absolute Gasteiger partial charge is 0.357 e. The normalized spacial score (nSPS) is 16.0. The van der Waals surface area contributed by atoms with Crippen LogP contribution in [0.2, 0.25) is 0 Å². The quantitative estimate of drug-likeness (QED) is 0.490. The largest absolute Gasteiger partial charge is 0.455 e. The Balaban J connectivity index is 1.60. The van der Waals surface area contributed by atoms with Gasteiger partial charge in [0.05, 0.1) is 11.7 Å². The molecule has 0 radical (unpaired) electrons. The summed E-state index contributed by atoms with van der Waals surface area (Å²) in [6.45, 7) is 6.58. The number of ether oxygens (including phenoxy) is 1. The zero-order valence-electron chi connectivity index (χ0n) is 20.7. The Morgan fingerprint density at radius 2 is 1.78 bits per heavy atom. The highest BCUT2D eigenvalue weighted by Crippen LogP contribution is 2.25. The number of anilines is 1. The number of nitrogens with one attached hydrogen (secondary N) is 1. The Kier molecular flexibility index (Phi) is 7.21. The minimum atomic E-state index is -0.706. The molecule has 2 heterocycles. The maximum absolute atomic E-state index is 13.3. The summed E-state index contributed by atoms with van der Waals surface area (Å²) in [4.78, 5) is 40.0. The molecule has 0 saturated carbocycles. The van der Waals surface area contributed by atoms with Crippen molar-refractivity contribution < 1.29 is 19.1 Å². The Morgan fingerprint density at radius 1 is 1.08 bits per heavy atom. The molecule has 36 heavy (non-hydrogen) atoms. The van der Waals surface area contributed by atoms with Crippen LogP contribution < -0.4 is 11.1 Å². The van der Waals surface area contributed by atoms with Crippen molar-refractivity contribution in [2.45, 2.75) is 51.8 Å². The van der Waals surface area contributed by atoms with Crippen LogP contribution in [0.4, 0.5) is 5.69 Å². The Bertz CT molecular complexity index is 1260. The third-order valence-corrected chi connectivity index (χ3v) is 5.88. The minimum Gasteiger partial charge on any atom is -0.455 e. The summed E-state index contributed by atoms with van der Waals surface area (Å²) in [5.74, 6) is -1.38. The molecule has 0 bridgehead atoms. The number of hydrogen-bond donors (Lipinski definition) is 2. The molecule has 1 aliphatic rings. The average molecular weight is 490 g/mol. The zero-order valence-corrected chi connectivity index (χ0v) is 20.7. The standard InChI is InChI=1S/C27H31N5O4/c1-27(2,3)36-26(35)23-16-21(30-32(23)19-11-5-4-6-12-19)25(34)29-20-13-8-7-10-18(20)17-31-15-9-14-22(31)24(28)33/h4-8,10-13,16,22H,9,14-15,17H2,1-3H3,(H2,28,33)(H,29,34). The van der Waals surface area contributed by atoms with Crippen LogP contribution in [0.15, 0.2) is 60.7 Å². The topological polar surface area (TPSA) is 120 Å². The van der Waals surface area contributed by atoms with Gasteiger partial charge in [0.2, 0.25) is 5.91 Å². The number of primary amides is 1. The number of carbonyl (C=O) groups is 3. The van der Waals surface area contributed by atoms with Gasteiger partial charge in [-0.2, -0.15) is 5.10 Å². The lowest BCUT2D eigenvalue weighted by Crippen LogP contribution is -2.39. The molecule has 1 unspecified atom stereocenters. The van der Waals surface area contributed by atoms with E-state index < -0.39 is 17.5 Å². The number of amides is 2. The van der Waals surface area contributed by atoms with E-state index in [1.165, 1.54) is 10.7 Å². The number of rotatable bonds is 7. The third-order valence-electron chi connectivity index (χ3n) is 5.88. The lowest BCUT2D eigenvalue weighted by Gasteiger charge is -2.23. The first-order chi connectivity index (χ1) is 17.1. The van der Waals surface area contributed by atoms with E-state index in [-0.39, 0.29) is 23.3 Å². The van der Waals surface area contributed by atoms with E-state index in [1.807, 2.05) is 41.3 Å². The summed E-state index contributed by atoms with van der Waals surface area (Å²) < 4.78 is 6.96. The lowest BCUT2D eigenvalue weighted by molar-refractivity contribution is -0.122. The van der Waals surface area contributed by atoms with Crippen molar-refractivity contribution in [3.8, 4) is 5.69 Å². The maximum atomic E-state index is 13.3. The van der Waals surface area contributed by atoms with Crippen LogP contribution in [0, 0.1) is 0 Å². The van der Waals surface area contributed by atoms with Gasteiger partial charge in [0.15, 0.2) is 11.4 Å². The monoisotopic (exact) mass is 489 g/mol. The second-order valence-electron chi connectivity index (χ2n) is 9.81. The Morgan fingerprint density at radius 3 is 2.47 bits per heavy atom. The van der Waals surface area contributed by atoms with Crippen LogP contribution in [0.25, 0.3) is 5.69 Å². The molecular weight excluding hydrogens is 458 g/mol. The highest BCUT2D eigenvalue weighted by atomic mass is 16.6. The van der Waals surface area contributed by atoms with Crippen molar-refractivity contribution in [1.82, 2.24) is 14.7 Å². The van der Waals surface area contributed by atoms with Crippen LogP contribution in [-0.2, 0) is 16.1 Å².